The van der Waals surface area contributed by atoms with Crippen LogP contribution in [0.25, 0.3) is 0 Å². The number of hydrogen-bond acceptors (Lipinski definition) is 5. The van der Waals surface area contributed by atoms with E-state index in [1.165, 1.54) is 29.3 Å². The van der Waals surface area contributed by atoms with Crippen molar-refractivity contribution in [2.45, 2.75) is 13.3 Å². The highest BCUT2D eigenvalue weighted by atomic mass is 35.5. The molecule has 0 aliphatic rings. The second-order valence-electron chi connectivity index (χ2n) is 3.89. The van der Waals surface area contributed by atoms with Crippen molar-refractivity contribution in [2.24, 2.45) is 5.10 Å². The summed E-state index contributed by atoms with van der Waals surface area (Å²) in [6, 6.07) is 1.49. The number of pyridine rings is 1. The molecule has 2 rings (SSSR count). The molecule has 2 aromatic rings. The Morgan fingerprint density at radius 1 is 1.45 bits per heavy atom. The van der Waals surface area contributed by atoms with Gasteiger partial charge in [0, 0.05) is 11.8 Å². The number of aromatic nitrogens is 3. The van der Waals surface area contributed by atoms with Gasteiger partial charge < -0.3 is 9.84 Å². The van der Waals surface area contributed by atoms with Crippen LogP contribution in [-0.2, 0) is 0 Å². The molecule has 0 radical (unpaired) electrons. The number of halogens is 1. The molecule has 0 fully saturated rings. The molecule has 0 saturated carbocycles. The molecule has 6 nitrogen and oxygen atoms in total. The van der Waals surface area contributed by atoms with Crippen LogP contribution in [0.4, 0.5) is 0 Å². The highest BCUT2D eigenvalue weighted by molar-refractivity contribution is 6.32. The SMILES string of the molecule is CCCOc1ncc(/C([O-])=N/[n+]2ccncc2)cc1Cl. The fourth-order valence-electron chi connectivity index (χ4n) is 1.39. The lowest BCUT2D eigenvalue weighted by atomic mass is 10.3. The normalized spacial score (nSPS) is 11.4. The molecule has 0 amide bonds. The second kappa shape index (κ2) is 6.81. The van der Waals surface area contributed by atoms with E-state index >= 15 is 0 Å². The Morgan fingerprint density at radius 2 is 2.20 bits per heavy atom. The first-order valence-corrected chi connectivity index (χ1v) is 6.44. The average Bonchev–Trinajstić information content (AvgIpc) is 2.47. The Kier molecular flexibility index (Phi) is 4.84. The van der Waals surface area contributed by atoms with Gasteiger partial charge in [-0.15, -0.1) is 0 Å². The lowest BCUT2D eigenvalue weighted by Gasteiger charge is -2.09. The monoisotopic (exact) mass is 292 g/mol. The van der Waals surface area contributed by atoms with Gasteiger partial charge in [-0.3, -0.25) is 4.98 Å². The molecule has 104 valence electrons. The largest absolute Gasteiger partial charge is 0.854 e. The summed E-state index contributed by atoms with van der Waals surface area (Å²) >= 11 is 6.01. The van der Waals surface area contributed by atoms with Gasteiger partial charge in [-0.25, -0.2) is 4.98 Å². The standard InChI is InChI=1S/C13H13ClN4O2/c1-2-7-20-13-11(14)8-10(9-16-13)12(19)17-18-5-3-15-4-6-18/h3-6,8-9H,2,7H2,1H3. The summed E-state index contributed by atoms with van der Waals surface area (Å²) in [7, 11) is 0. The Hall–Kier alpha value is -2.21. The molecule has 0 N–H and O–H groups in total. The van der Waals surface area contributed by atoms with Crippen LogP contribution in [0.2, 0.25) is 5.02 Å². The van der Waals surface area contributed by atoms with E-state index in [-0.39, 0.29) is 0 Å². The van der Waals surface area contributed by atoms with Crippen LogP contribution in [0.15, 0.2) is 42.2 Å². The Bertz CT molecular complexity index is 605. The summed E-state index contributed by atoms with van der Waals surface area (Å²) in [6.07, 6.45) is 8.43. The third-order valence-electron chi connectivity index (χ3n) is 2.31. The lowest BCUT2D eigenvalue weighted by Crippen LogP contribution is -2.33. The predicted molar refractivity (Wildman–Crippen MR) is 71.4 cm³/mol. The van der Waals surface area contributed by atoms with Gasteiger partial charge in [-0.05, 0) is 17.6 Å². The smallest absolute Gasteiger partial charge is 0.232 e. The Balaban J connectivity index is 2.21. The van der Waals surface area contributed by atoms with Crippen molar-refractivity contribution in [2.75, 3.05) is 6.61 Å². The van der Waals surface area contributed by atoms with Crippen LogP contribution in [0.1, 0.15) is 18.9 Å². The molecule has 7 heteroatoms. The van der Waals surface area contributed by atoms with Crippen LogP contribution in [0.3, 0.4) is 0 Å². The van der Waals surface area contributed by atoms with Crippen molar-refractivity contribution in [1.82, 2.24) is 9.97 Å². The summed E-state index contributed by atoms with van der Waals surface area (Å²) in [4.78, 5) is 7.86. The molecular weight excluding hydrogens is 280 g/mol. The zero-order valence-corrected chi connectivity index (χ0v) is 11.6. The summed E-state index contributed by atoms with van der Waals surface area (Å²) in [5.41, 5.74) is 0.295. The van der Waals surface area contributed by atoms with Gasteiger partial charge in [-0.1, -0.05) is 23.2 Å². The summed E-state index contributed by atoms with van der Waals surface area (Å²) in [5, 5.41) is 16.1. The molecular formula is C13H13ClN4O2. The zero-order chi connectivity index (χ0) is 14.4. The summed E-state index contributed by atoms with van der Waals surface area (Å²) in [5.74, 6) is -0.126. The minimum atomic E-state index is -0.447. The maximum absolute atomic E-state index is 11.9. The first-order chi connectivity index (χ1) is 9.70. The van der Waals surface area contributed by atoms with E-state index in [2.05, 4.69) is 15.1 Å². The van der Waals surface area contributed by atoms with Crippen LogP contribution < -0.4 is 14.5 Å². The molecule has 2 heterocycles. The Morgan fingerprint density at radius 3 is 2.85 bits per heavy atom. The molecule has 0 saturated heterocycles. The minimum Gasteiger partial charge on any atom is -0.854 e. The highest BCUT2D eigenvalue weighted by Gasteiger charge is 2.06. The molecule has 0 spiro atoms. The lowest BCUT2D eigenvalue weighted by molar-refractivity contribution is -0.682. The van der Waals surface area contributed by atoms with Crippen molar-refractivity contribution in [3.8, 4) is 5.88 Å². The van der Waals surface area contributed by atoms with Crippen LogP contribution in [0, 0.1) is 0 Å². The van der Waals surface area contributed by atoms with Crippen molar-refractivity contribution in [3.63, 3.8) is 0 Å². The van der Waals surface area contributed by atoms with Gasteiger partial charge in [0.25, 0.3) is 0 Å². The summed E-state index contributed by atoms with van der Waals surface area (Å²) in [6.45, 7) is 2.51. The molecule has 2 aromatic heterocycles. The molecule has 0 aromatic carbocycles. The number of ether oxygens (including phenoxy) is 1. The molecule has 0 aliphatic heterocycles. The molecule has 0 atom stereocenters. The highest BCUT2D eigenvalue weighted by Crippen LogP contribution is 2.22. The van der Waals surface area contributed by atoms with Crippen molar-refractivity contribution < 1.29 is 14.5 Å². The first-order valence-electron chi connectivity index (χ1n) is 6.06. The number of hydrogen-bond donors (Lipinski definition) is 0. The first kappa shape index (κ1) is 14.2. The fraction of sp³-hybridized carbons (Fsp3) is 0.231. The zero-order valence-electron chi connectivity index (χ0n) is 10.9. The van der Waals surface area contributed by atoms with Crippen LogP contribution in [0.5, 0.6) is 5.88 Å². The van der Waals surface area contributed by atoms with Crippen LogP contribution >= 0.6 is 11.6 Å². The van der Waals surface area contributed by atoms with Gasteiger partial charge in [0.15, 0.2) is 0 Å². The van der Waals surface area contributed by atoms with E-state index in [9.17, 15) is 5.11 Å². The molecule has 0 aliphatic carbocycles. The predicted octanol–water partition coefficient (Wildman–Crippen LogP) is 0.776. The van der Waals surface area contributed by atoms with E-state index in [0.717, 1.165) is 6.42 Å². The maximum atomic E-state index is 11.9. The van der Waals surface area contributed by atoms with E-state index in [1.807, 2.05) is 6.92 Å². The topological polar surface area (TPSA) is 74.3 Å². The van der Waals surface area contributed by atoms with E-state index < -0.39 is 5.90 Å². The third kappa shape index (κ3) is 3.64. The van der Waals surface area contributed by atoms with Crippen LogP contribution in [-0.4, -0.2) is 22.5 Å². The van der Waals surface area contributed by atoms with E-state index in [1.54, 1.807) is 12.4 Å². The fourth-order valence-corrected chi connectivity index (χ4v) is 1.61. The van der Waals surface area contributed by atoms with Crippen molar-refractivity contribution in [3.05, 3.63) is 47.6 Å². The van der Waals surface area contributed by atoms with Crippen molar-refractivity contribution >= 4 is 17.5 Å². The van der Waals surface area contributed by atoms with Gasteiger partial charge in [0.1, 0.15) is 5.02 Å². The number of rotatable bonds is 5. The van der Waals surface area contributed by atoms with Gasteiger partial charge in [0.2, 0.25) is 18.3 Å². The van der Waals surface area contributed by atoms with Crippen molar-refractivity contribution in [1.29, 1.82) is 0 Å². The van der Waals surface area contributed by atoms with Gasteiger partial charge in [-0.2, -0.15) is 0 Å². The maximum Gasteiger partial charge on any atom is 0.232 e. The number of nitrogens with zero attached hydrogens (tertiary/aromatic N) is 4. The molecule has 20 heavy (non-hydrogen) atoms. The van der Waals surface area contributed by atoms with E-state index in [4.69, 9.17) is 16.3 Å². The quantitative estimate of drug-likeness (QED) is 0.464. The molecule has 0 unspecified atom stereocenters. The summed E-state index contributed by atoms with van der Waals surface area (Å²) < 4.78 is 6.71. The Labute approximate surface area is 121 Å². The third-order valence-corrected chi connectivity index (χ3v) is 2.59. The van der Waals surface area contributed by atoms with Gasteiger partial charge >= 0.3 is 0 Å². The minimum absolute atomic E-state index is 0.291. The van der Waals surface area contributed by atoms with E-state index in [0.29, 0.717) is 23.1 Å². The second-order valence-corrected chi connectivity index (χ2v) is 4.30. The molecule has 0 bridgehead atoms. The average molecular weight is 293 g/mol. The van der Waals surface area contributed by atoms with Gasteiger partial charge in [0.05, 0.1) is 24.9 Å².